The molecule has 0 saturated heterocycles. The minimum Gasteiger partial charge on any atom is -0.329 e. The standard InChI is InChI=1S/C24H20N6OS.ClHO4/c1-2-12-30-21-9-4-3-6-16(21)13-18-15-20(10-11-22(18)30)25-23(31)17-7-5-8-19(14-17)26-24-27-28-29-32-24;2-1(3,4)5/h1,5,7-8,10-11,13-15H,3-4,6,9,12H2,(H-,25,26,27,29,31);(H,2,3,4,5). The maximum atomic E-state index is 12.9. The molecule has 2 aromatic carbocycles. The molecule has 0 atom stereocenters. The Hall–Kier alpha value is -3.70. The Kier molecular flexibility index (Phi) is 8.24. The van der Waals surface area contributed by atoms with Crippen molar-refractivity contribution in [1.82, 2.24) is 14.8 Å². The predicted octanol–water partition coefficient (Wildman–Crippen LogP) is -0.874. The number of carbonyl (C=O) groups excluding carboxylic acids is 1. The van der Waals surface area contributed by atoms with E-state index < -0.39 is 10.2 Å². The van der Waals surface area contributed by atoms with Crippen molar-refractivity contribution in [3.8, 4) is 12.3 Å². The molecule has 1 amide bonds. The van der Waals surface area contributed by atoms with Gasteiger partial charge in [-0.2, -0.15) is 4.57 Å². The van der Waals surface area contributed by atoms with E-state index in [0.717, 1.165) is 46.7 Å². The third-order valence-electron chi connectivity index (χ3n) is 5.64. The first kappa shape index (κ1) is 26.4. The number of rotatable bonds is 5. The molecule has 13 heteroatoms. The highest BCUT2D eigenvalue weighted by Crippen LogP contribution is 2.25. The second-order valence-corrected chi connectivity index (χ2v) is 9.58. The number of hydrogen-bond donors (Lipinski definition) is 2. The number of nitrogens with zero attached hydrogens (tertiary/aromatic N) is 4. The third kappa shape index (κ3) is 7.17. The number of pyridine rings is 1. The normalized spacial score (nSPS) is 12.6. The van der Waals surface area contributed by atoms with Crippen LogP contribution in [-0.2, 0) is 19.4 Å². The zero-order valence-electron chi connectivity index (χ0n) is 19.3. The molecule has 5 rings (SSSR count). The summed E-state index contributed by atoms with van der Waals surface area (Å²) < 4.78 is 39.9. The molecule has 0 unspecified atom stereocenters. The van der Waals surface area contributed by atoms with Crippen LogP contribution in [0.2, 0.25) is 0 Å². The van der Waals surface area contributed by atoms with Crippen LogP contribution in [0.5, 0.6) is 0 Å². The lowest BCUT2D eigenvalue weighted by molar-refractivity contribution is -2.00. The number of carbonyl (C=O) groups is 1. The van der Waals surface area contributed by atoms with Crippen LogP contribution in [0.3, 0.4) is 0 Å². The lowest BCUT2D eigenvalue weighted by atomic mass is 9.94. The second kappa shape index (κ2) is 11.6. The summed E-state index contributed by atoms with van der Waals surface area (Å²) in [7, 11) is -4.94. The van der Waals surface area contributed by atoms with Gasteiger partial charge in [-0.1, -0.05) is 15.7 Å². The topological polar surface area (TPSA) is 176 Å². The molecule has 190 valence electrons. The Morgan fingerprint density at radius 3 is 2.59 bits per heavy atom. The summed E-state index contributed by atoms with van der Waals surface area (Å²) >= 11 is 1.15. The number of nitrogens with one attached hydrogen (secondary N) is 2. The van der Waals surface area contributed by atoms with Crippen LogP contribution < -0.4 is 33.8 Å². The molecule has 0 radical (unpaired) electrons. The summed E-state index contributed by atoms with van der Waals surface area (Å²) in [6.07, 6.45) is 10.2. The molecule has 0 saturated carbocycles. The van der Waals surface area contributed by atoms with Gasteiger partial charge in [0.25, 0.3) is 5.91 Å². The van der Waals surface area contributed by atoms with Crippen LogP contribution in [0.25, 0.3) is 10.9 Å². The Balaban J connectivity index is 0.000000586. The first-order valence-corrected chi connectivity index (χ1v) is 13.1. The maximum absolute atomic E-state index is 12.9. The molecule has 0 aliphatic heterocycles. The molecule has 0 fully saturated rings. The Bertz CT molecular complexity index is 1450. The molecule has 11 nitrogen and oxygen atoms in total. The van der Waals surface area contributed by atoms with Gasteiger partial charge in [-0.3, -0.25) is 4.79 Å². The van der Waals surface area contributed by atoms with E-state index in [1.54, 1.807) is 12.1 Å². The zero-order chi connectivity index (χ0) is 26.4. The van der Waals surface area contributed by atoms with Gasteiger partial charge in [0.15, 0.2) is 5.69 Å². The molecule has 1 aliphatic rings. The van der Waals surface area contributed by atoms with Crippen LogP contribution in [-0.4, -0.2) is 20.7 Å². The number of hydrogen-bond acceptors (Lipinski definition) is 10. The molecule has 37 heavy (non-hydrogen) atoms. The third-order valence-corrected chi connectivity index (χ3v) is 6.15. The fourth-order valence-electron chi connectivity index (χ4n) is 4.22. The number of anilines is 3. The second-order valence-electron chi connectivity index (χ2n) is 8.09. The summed E-state index contributed by atoms with van der Waals surface area (Å²) in [5.74, 6) is 2.61. The van der Waals surface area contributed by atoms with Gasteiger partial charge in [0.2, 0.25) is 17.2 Å². The average molecular weight is 541 g/mol. The molecule has 2 aromatic heterocycles. The largest absolute Gasteiger partial charge is 0.329 e. The van der Waals surface area contributed by atoms with Crippen molar-refractivity contribution in [2.24, 2.45) is 0 Å². The van der Waals surface area contributed by atoms with E-state index in [9.17, 15) is 4.79 Å². The first-order valence-electron chi connectivity index (χ1n) is 11.1. The fraction of sp³-hybridized carbons (Fsp3) is 0.208. The van der Waals surface area contributed by atoms with Gasteiger partial charge in [-0.15, -0.1) is 16.7 Å². The van der Waals surface area contributed by atoms with Gasteiger partial charge >= 0.3 is 0 Å². The molecular weight excluding hydrogens is 520 g/mol. The van der Waals surface area contributed by atoms with Gasteiger partial charge in [-0.25, -0.2) is 18.6 Å². The van der Waals surface area contributed by atoms with Gasteiger partial charge in [-0.05, 0) is 66.8 Å². The summed E-state index contributed by atoms with van der Waals surface area (Å²) in [6, 6.07) is 15.5. The number of halogens is 1. The predicted molar refractivity (Wildman–Crippen MR) is 125 cm³/mol. The van der Waals surface area contributed by atoms with Crippen molar-refractivity contribution in [1.29, 1.82) is 0 Å². The lowest BCUT2D eigenvalue weighted by Crippen LogP contribution is -2.68. The van der Waals surface area contributed by atoms with Gasteiger partial charge in [0.05, 0.1) is 0 Å². The minimum absolute atomic E-state index is 0.183. The van der Waals surface area contributed by atoms with Gasteiger partial charge in [0, 0.05) is 51.9 Å². The summed E-state index contributed by atoms with van der Waals surface area (Å²) in [6.45, 7) is 0.551. The van der Waals surface area contributed by atoms with Crippen LogP contribution in [0.4, 0.5) is 16.5 Å². The van der Waals surface area contributed by atoms with Gasteiger partial charge < -0.3 is 10.6 Å². The lowest BCUT2D eigenvalue weighted by Gasteiger charge is -2.17. The van der Waals surface area contributed by atoms with E-state index in [1.807, 2.05) is 30.3 Å². The van der Waals surface area contributed by atoms with E-state index in [-0.39, 0.29) is 5.91 Å². The van der Waals surface area contributed by atoms with Crippen LogP contribution in [0.15, 0.2) is 48.5 Å². The number of terminal acetylenes is 1. The average Bonchev–Trinajstić information content (AvgIpc) is 3.36. The zero-order valence-corrected chi connectivity index (χ0v) is 20.9. The van der Waals surface area contributed by atoms with Crippen molar-refractivity contribution in [2.75, 3.05) is 10.6 Å². The maximum Gasteiger partial charge on any atom is 0.255 e. The SMILES string of the molecule is C#CC[n+]1c2c(cc3cc(NC(=O)c4cccc(Nc5nnns5)c4)ccc31)CCCC2.[O-][Cl+3]([O-])([O-])[O-]. The van der Waals surface area contributed by atoms with E-state index in [4.69, 9.17) is 25.1 Å². The highest BCUT2D eigenvalue weighted by atomic mass is 35.7. The number of benzene rings is 2. The van der Waals surface area contributed by atoms with Crippen molar-refractivity contribution in [2.45, 2.75) is 32.2 Å². The fourth-order valence-corrected chi connectivity index (χ4v) is 4.61. The molecular formula is C24H21ClN6O5S. The van der Waals surface area contributed by atoms with Crippen molar-refractivity contribution >= 4 is 44.8 Å². The highest BCUT2D eigenvalue weighted by Gasteiger charge is 2.23. The van der Waals surface area contributed by atoms with Crippen molar-refractivity contribution in [3.05, 3.63) is 65.4 Å². The van der Waals surface area contributed by atoms with Crippen molar-refractivity contribution in [3.63, 3.8) is 0 Å². The summed E-state index contributed by atoms with van der Waals surface area (Å²) in [4.78, 5) is 12.9. The molecule has 1 aliphatic carbocycles. The van der Waals surface area contributed by atoms with Gasteiger partial charge in [0.1, 0.15) is 0 Å². The van der Waals surface area contributed by atoms with E-state index in [0.29, 0.717) is 17.2 Å². The smallest absolute Gasteiger partial charge is 0.255 e. The molecule has 0 spiro atoms. The summed E-state index contributed by atoms with van der Waals surface area (Å²) in [5.41, 5.74) is 5.83. The number of aromatic nitrogens is 4. The Morgan fingerprint density at radius 1 is 1.08 bits per heavy atom. The molecule has 2 heterocycles. The first-order chi connectivity index (χ1) is 17.7. The monoisotopic (exact) mass is 540 g/mol. The molecule has 4 aromatic rings. The van der Waals surface area contributed by atoms with E-state index in [1.165, 1.54) is 24.1 Å². The van der Waals surface area contributed by atoms with Crippen molar-refractivity contribution < 1.29 is 38.2 Å². The summed E-state index contributed by atoms with van der Waals surface area (Å²) in [5, 5.41) is 15.2. The number of amides is 1. The van der Waals surface area contributed by atoms with Crippen LogP contribution in [0, 0.1) is 22.6 Å². The Labute approximate surface area is 218 Å². The molecule has 2 N–H and O–H groups in total. The Morgan fingerprint density at radius 2 is 1.86 bits per heavy atom. The van der Waals surface area contributed by atoms with Crippen LogP contribution in [0.1, 0.15) is 34.5 Å². The highest BCUT2D eigenvalue weighted by molar-refractivity contribution is 7.09. The number of fused-ring (bicyclic) bond motifs is 2. The quantitative estimate of drug-likeness (QED) is 0.240. The molecule has 0 bridgehead atoms. The minimum atomic E-state index is -4.94. The van der Waals surface area contributed by atoms with Crippen LogP contribution >= 0.6 is 11.5 Å². The van der Waals surface area contributed by atoms with E-state index in [2.05, 4.69) is 42.0 Å². The van der Waals surface area contributed by atoms with E-state index >= 15 is 0 Å². The number of aryl methyl sites for hydroxylation is 1.